The van der Waals surface area contributed by atoms with Crippen LogP contribution in [0.5, 0.6) is 0 Å². The summed E-state index contributed by atoms with van der Waals surface area (Å²) in [5, 5.41) is 11.8. The molecule has 1 aromatic heterocycles. The Balaban J connectivity index is 1.85. The fourth-order valence-corrected chi connectivity index (χ4v) is 2.41. The highest BCUT2D eigenvalue weighted by Gasteiger charge is 2.07. The summed E-state index contributed by atoms with van der Waals surface area (Å²) in [4.78, 5) is 1.49. The Morgan fingerprint density at radius 3 is 2.50 bits per heavy atom. The summed E-state index contributed by atoms with van der Waals surface area (Å²) in [7, 11) is 4.36. The average molecular weight is 304 g/mol. The highest BCUT2D eigenvalue weighted by molar-refractivity contribution is 5.58. The van der Waals surface area contributed by atoms with E-state index >= 15 is 0 Å². The van der Waals surface area contributed by atoms with E-state index in [4.69, 9.17) is 4.42 Å². The molecule has 0 bridgehead atoms. The largest absolute Gasteiger partial charge is 0.455 e. The molecule has 1 heterocycles. The van der Waals surface area contributed by atoms with Crippen LogP contribution in [0.15, 0.2) is 40.8 Å². The number of nitrogens with two attached hydrogens (primary N) is 1. The third-order valence-corrected chi connectivity index (χ3v) is 3.77. The molecule has 0 unspecified atom stereocenters. The lowest BCUT2D eigenvalue weighted by atomic mass is 10.1. The second kappa shape index (κ2) is 8.13. The minimum Gasteiger partial charge on any atom is -0.455 e. The fourth-order valence-electron chi connectivity index (χ4n) is 2.41. The predicted octanol–water partition coefficient (Wildman–Crippen LogP) is 0.598. The third-order valence-electron chi connectivity index (χ3n) is 3.77. The first-order chi connectivity index (χ1) is 10.6. The Morgan fingerprint density at radius 2 is 1.86 bits per heavy atom. The quantitative estimate of drug-likeness (QED) is 0.626. The number of nitrogens with one attached hydrogen (secondary N) is 1. The lowest BCUT2D eigenvalue weighted by Gasteiger charge is -2.05. The first-order valence-corrected chi connectivity index (χ1v) is 8.04. The molecule has 2 aromatic rings. The summed E-state index contributed by atoms with van der Waals surface area (Å²) >= 11 is 0. The summed E-state index contributed by atoms with van der Waals surface area (Å²) in [6, 6.07) is 11.9. The lowest BCUT2D eigenvalue weighted by molar-refractivity contribution is -0.860. The van der Waals surface area contributed by atoms with E-state index in [1.54, 1.807) is 6.92 Å². The molecule has 1 atom stereocenters. The van der Waals surface area contributed by atoms with Crippen molar-refractivity contribution in [2.24, 2.45) is 0 Å². The molecule has 0 fully saturated rings. The van der Waals surface area contributed by atoms with Crippen molar-refractivity contribution in [1.29, 1.82) is 0 Å². The molecule has 120 valence electrons. The molecule has 0 aliphatic carbocycles. The minimum atomic E-state index is -0.431. The van der Waals surface area contributed by atoms with Crippen LogP contribution in [0.1, 0.15) is 30.8 Å². The number of hydrogen-bond acceptors (Lipinski definition) is 2. The van der Waals surface area contributed by atoms with Gasteiger partial charge in [-0.2, -0.15) is 0 Å². The number of hydrogen-bond donors (Lipinski definition) is 3. The van der Waals surface area contributed by atoms with Crippen LogP contribution in [0, 0.1) is 0 Å². The number of aliphatic hydroxyl groups excluding tert-OH is 1. The molecule has 4 nitrogen and oxygen atoms in total. The first-order valence-electron chi connectivity index (χ1n) is 8.04. The van der Waals surface area contributed by atoms with E-state index in [1.165, 1.54) is 17.9 Å². The van der Waals surface area contributed by atoms with Crippen molar-refractivity contribution in [1.82, 2.24) is 0 Å². The lowest BCUT2D eigenvalue weighted by Crippen LogP contribution is -3.06. The standard InChI is InChI=1S/C18H26N2O2/c1-14(21)15-5-7-16(8-6-15)18-10-9-17(22-18)13-19-11-4-12-20(2)3/h5-10,14,19,21H,4,11-13H2,1-3H3/p+2/t14-/m1/s1. The minimum absolute atomic E-state index is 0.431. The summed E-state index contributed by atoms with van der Waals surface area (Å²) in [5.41, 5.74) is 1.97. The Bertz CT molecular complexity index is 559. The van der Waals surface area contributed by atoms with Gasteiger partial charge in [0.2, 0.25) is 0 Å². The molecular weight excluding hydrogens is 276 g/mol. The average Bonchev–Trinajstić information content (AvgIpc) is 2.95. The molecular formula is C18H28N2O2+2. The second-order valence-corrected chi connectivity index (χ2v) is 6.16. The van der Waals surface area contributed by atoms with Crippen LogP contribution in [0.4, 0.5) is 0 Å². The highest BCUT2D eigenvalue weighted by atomic mass is 16.3. The molecule has 0 aliphatic heterocycles. The Kier molecular flexibility index (Phi) is 6.19. The van der Waals surface area contributed by atoms with E-state index in [-0.39, 0.29) is 0 Å². The van der Waals surface area contributed by atoms with Gasteiger partial charge < -0.3 is 19.7 Å². The van der Waals surface area contributed by atoms with E-state index in [1.807, 2.05) is 36.4 Å². The summed E-state index contributed by atoms with van der Waals surface area (Å²) in [6.07, 6.45) is 0.788. The van der Waals surface area contributed by atoms with Gasteiger partial charge in [-0.1, -0.05) is 24.3 Å². The van der Waals surface area contributed by atoms with E-state index in [0.717, 1.165) is 35.7 Å². The number of furan rings is 1. The molecule has 4 heteroatoms. The SMILES string of the molecule is C[C@@H](O)c1ccc(-c2ccc(C[NH2+]CCC[NH+](C)C)o2)cc1. The Labute approximate surface area is 132 Å². The van der Waals surface area contributed by atoms with Gasteiger partial charge in [0.15, 0.2) is 5.76 Å². The van der Waals surface area contributed by atoms with E-state index in [2.05, 4.69) is 19.4 Å². The molecule has 1 aromatic carbocycles. The number of quaternary nitrogens is 2. The van der Waals surface area contributed by atoms with Gasteiger partial charge in [-0.25, -0.2) is 0 Å². The maximum Gasteiger partial charge on any atom is 0.158 e. The maximum atomic E-state index is 9.54. The van der Waals surface area contributed by atoms with Crippen LogP contribution < -0.4 is 10.2 Å². The van der Waals surface area contributed by atoms with Gasteiger partial charge in [-0.15, -0.1) is 0 Å². The van der Waals surface area contributed by atoms with Gasteiger partial charge in [0.1, 0.15) is 12.3 Å². The van der Waals surface area contributed by atoms with Gasteiger partial charge in [-0.05, 0) is 24.6 Å². The van der Waals surface area contributed by atoms with Gasteiger partial charge in [0.25, 0.3) is 0 Å². The predicted molar refractivity (Wildman–Crippen MR) is 87.6 cm³/mol. The van der Waals surface area contributed by atoms with Crippen LogP contribution in [-0.4, -0.2) is 32.3 Å². The Hall–Kier alpha value is -1.62. The van der Waals surface area contributed by atoms with Crippen LogP contribution in [0.2, 0.25) is 0 Å². The normalized spacial score (nSPS) is 12.8. The fraction of sp³-hybridized carbons (Fsp3) is 0.444. The summed E-state index contributed by atoms with van der Waals surface area (Å²) < 4.78 is 5.90. The van der Waals surface area contributed by atoms with Crippen LogP contribution in [-0.2, 0) is 6.54 Å². The first kappa shape index (κ1) is 16.7. The van der Waals surface area contributed by atoms with Gasteiger partial charge >= 0.3 is 0 Å². The van der Waals surface area contributed by atoms with E-state index < -0.39 is 6.10 Å². The zero-order valence-electron chi connectivity index (χ0n) is 13.8. The monoisotopic (exact) mass is 304 g/mol. The molecule has 0 radical (unpaired) electrons. The molecule has 0 spiro atoms. The van der Waals surface area contributed by atoms with Gasteiger partial charge in [0.05, 0.1) is 33.3 Å². The molecule has 0 saturated carbocycles. The van der Waals surface area contributed by atoms with Crippen LogP contribution in [0.25, 0.3) is 11.3 Å². The van der Waals surface area contributed by atoms with Crippen molar-refractivity contribution in [2.75, 3.05) is 27.2 Å². The molecule has 0 saturated heterocycles. The van der Waals surface area contributed by atoms with Crippen molar-refractivity contribution in [2.45, 2.75) is 26.0 Å². The molecule has 0 amide bonds. The van der Waals surface area contributed by atoms with E-state index in [0.29, 0.717) is 0 Å². The molecule has 0 aliphatic rings. The van der Waals surface area contributed by atoms with Crippen molar-refractivity contribution >= 4 is 0 Å². The van der Waals surface area contributed by atoms with Crippen molar-refractivity contribution in [3.05, 3.63) is 47.7 Å². The maximum absolute atomic E-state index is 9.54. The molecule has 4 N–H and O–H groups in total. The summed E-state index contributed by atoms with van der Waals surface area (Å²) in [6.45, 7) is 4.99. The topological polar surface area (TPSA) is 54.4 Å². The van der Waals surface area contributed by atoms with Crippen molar-refractivity contribution in [3.8, 4) is 11.3 Å². The van der Waals surface area contributed by atoms with Crippen LogP contribution >= 0.6 is 0 Å². The zero-order valence-corrected chi connectivity index (χ0v) is 13.8. The van der Waals surface area contributed by atoms with Crippen molar-refractivity contribution < 1.29 is 19.7 Å². The van der Waals surface area contributed by atoms with Gasteiger partial charge in [-0.3, -0.25) is 0 Å². The van der Waals surface area contributed by atoms with Crippen LogP contribution in [0.3, 0.4) is 0 Å². The zero-order chi connectivity index (χ0) is 15.9. The highest BCUT2D eigenvalue weighted by Crippen LogP contribution is 2.23. The molecule has 22 heavy (non-hydrogen) atoms. The number of benzene rings is 1. The smallest absolute Gasteiger partial charge is 0.158 e. The van der Waals surface area contributed by atoms with Crippen molar-refractivity contribution in [3.63, 3.8) is 0 Å². The second-order valence-electron chi connectivity index (χ2n) is 6.16. The van der Waals surface area contributed by atoms with Gasteiger partial charge in [0, 0.05) is 12.0 Å². The number of aliphatic hydroxyl groups is 1. The summed E-state index contributed by atoms with van der Waals surface area (Å²) in [5.74, 6) is 1.89. The molecule has 2 rings (SSSR count). The Morgan fingerprint density at radius 1 is 1.14 bits per heavy atom. The van der Waals surface area contributed by atoms with E-state index in [9.17, 15) is 5.11 Å². The number of rotatable bonds is 8. The third kappa shape index (κ3) is 4.98.